The average molecular weight is 227 g/mol. The molecule has 2 rings (SSSR count). The highest BCUT2D eigenvalue weighted by atomic mass is 35.5. The number of aryl methyl sites for hydroxylation is 1. The zero-order valence-electron chi connectivity index (χ0n) is 8.96. The summed E-state index contributed by atoms with van der Waals surface area (Å²) in [6.45, 7) is 3.68. The minimum Gasteiger partial charge on any atom is -0.488 e. The van der Waals surface area contributed by atoms with Gasteiger partial charge in [0.2, 0.25) is 0 Å². The molecule has 1 N–H and O–H groups in total. The van der Waals surface area contributed by atoms with Crippen LogP contribution in [0.5, 0.6) is 5.75 Å². The van der Waals surface area contributed by atoms with Crippen molar-refractivity contribution in [1.29, 1.82) is 0 Å². The van der Waals surface area contributed by atoms with Gasteiger partial charge in [-0.25, -0.2) is 0 Å². The third-order valence-corrected chi connectivity index (χ3v) is 2.76. The van der Waals surface area contributed by atoms with Gasteiger partial charge in [-0.1, -0.05) is 11.6 Å². The molecule has 0 spiro atoms. The number of hydrogen-bond donors (Lipinski definition) is 1. The smallest absolute Gasteiger partial charge is 0.144 e. The number of hydrogen-bond acceptors (Lipinski definition) is 2. The van der Waals surface area contributed by atoms with E-state index in [1.165, 1.54) is 0 Å². The van der Waals surface area contributed by atoms with Crippen molar-refractivity contribution < 1.29 is 9.84 Å². The Morgan fingerprint density at radius 2 is 2.13 bits per heavy atom. The van der Waals surface area contributed by atoms with E-state index in [0.29, 0.717) is 16.9 Å². The molecule has 1 aromatic rings. The number of halogens is 1. The summed E-state index contributed by atoms with van der Waals surface area (Å²) in [4.78, 5) is 0. The van der Waals surface area contributed by atoms with E-state index >= 15 is 0 Å². The number of aliphatic hydroxyl groups is 1. The van der Waals surface area contributed by atoms with E-state index in [0.717, 1.165) is 24.0 Å². The zero-order valence-corrected chi connectivity index (χ0v) is 9.71. The first-order chi connectivity index (χ1) is 7.08. The highest BCUT2D eigenvalue weighted by Gasteiger charge is 2.26. The van der Waals surface area contributed by atoms with Crippen molar-refractivity contribution in [2.75, 3.05) is 0 Å². The second-order valence-corrected chi connectivity index (χ2v) is 4.57. The fraction of sp³-hybridized carbons (Fsp3) is 0.500. The summed E-state index contributed by atoms with van der Waals surface area (Å²) >= 11 is 6.11. The molecule has 15 heavy (non-hydrogen) atoms. The first kappa shape index (κ1) is 10.8. The summed E-state index contributed by atoms with van der Waals surface area (Å²) in [5, 5.41) is 10.2. The fourth-order valence-corrected chi connectivity index (χ4v) is 1.87. The fourth-order valence-electron chi connectivity index (χ4n) is 1.54. The Labute approximate surface area is 94.8 Å². The van der Waals surface area contributed by atoms with Crippen molar-refractivity contribution in [2.45, 2.75) is 38.9 Å². The van der Waals surface area contributed by atoms with E-state index in [1.807, 2.05) is 19.1 Å². The lowest BCUT2D eigenvalue weighted by Crippen LogP contribution is -2.03. The SMILES string of the molecule is Cc1cc(Cl)c(OC2CC2)c(C(C)O)c1. The lowest BCUT2D eigenvalue weighted by molar-refractivity contribution is 0.190. The molecule has 0 aromatic heterocycles. The van der Waals surface area contributed by atoms with Crippen LogP contribution >= 0.6 is 11.6 Å². The van der Waals surface area contributed by atoms with Crippen LogP contribution in [-0.2, 0) is 0 Å². The predicted octanol–water partition coefficient (Wildman–Crippen LogP) is 3.24. The largest absolute Gasteiger partial charge is 0.488 e. The Morgan fingerprint density at radius 3 is 2.67 bits per heavy atom. The van der Waals surface area contributed by atoms with Crippen molar-refractivity contribution >= 4 is 11.6 Å². The molecular formula is C12H15ClO2. The normalized spacial score (nSPS) is 17.6. The van der Waals surface area contributed by atoms with Gasteiger partial charge >= 0.3 is 0 Å². The monoisotopic (exact) mass is 226 g/mol. The lowest BCUT2D eigenvalue weighted by Gasteiger charge is -2.15. The van der Waals surface area contributed by atoms with Crippen molar-refractivity contribution in [3.05, 3.63) is 28.3 Å². The molecule has 1 aliphatic carbocycles. The molecule has 3 heteroatoms. The maximum atomic E-state index is 9.65. The van der Waals surface area contributed by atoms with Crippen molar-refractivity contribution in [3.63, 3.8) is 0 Å². The number of ether oxygens (including phenoxy) is 1. The molecule has 0 radical (unpaired) electrons. The van der Waals surface area contributed by atoms with Crippen LogP contribution < -0.4 is 4.74 Å². The minimum atomic E-state index is -0.545. The van der Waals surface area contributed by atoms with E-state index in [9.17, 15) is 5.11 Å². The van der Waals surface area contributed by atoms with Gasteiger partial charge in [0.15, 0.2) is 0 Å². The molecule has 0 amide bonds. The van der Waals surface area contributed by atoms with Crippen molar-refractivity contribution in [2.24, 2.45) is 0 Å². The molecule has 2 nitrogen and oxygen atoms in total. The van der Waals surface area contributed by atoms with E-state index < -0.39 is 6.10 Å². The van der Waals surface area contributed by atoms with Gasteiger partial charge in [0.05, 0.1) is 17.2 Å². The quantitative estimate of drug-likeness (QED) is 0.858. The van der Waals surface area contributed by atoms with Crippen molar-refractivity contribution in [1.82, 2.24) is 0 Å². The molecular weight excluding hydrogens is 212 g/mol. The number of rotatable bonds is 3. The van der Waals surface area contributed by atoms with Crippen LogP contribution in [0.1, 0.15) is 37.0 Å². The molecule has 0 aliphatic heterocycles. The molecule has 1 saturated carbocycles. The topological polar surface area (TPSA) is 29.5 Å². The third kappa shape index (κ3) is 2.44. The molecule has 0 saturated heterocycles. The second kappa shape index (κ2) is 4.03. The van der Waals surface area contributed by atoms with E-state index in [1.54, 1.807) is 6.92 Å². The Hall–Kier alpha value is -0.730. The van der Waals surface area contributed by atoms with Crippen molar-refractivity contribution in [3.8, 4) is 5.75 Å². The predicted molar refractivity (Wildman–Crippen MR) is 60.5 cm³/mol. The van der Waals surface area contributed by atoms with Crippen LogP contribution in [0.2, 0.25) is 5.02 Å². The molecule has 0 bridgehead atoms. The Morgan fingerprint density at radius 1 is 1.47 bits per heavy atom. The maximum absolute atomic E-state index is 9.65. The Bertz CT molecular complexity index is 370. The maximum Gasteiger partial charge on any atom is 0.144 e. The molecule has 1 unspecified atom stereocenters. The standard InChI is InChI=1S/C12H15ClO2/c1-7-5-10(8(2)14)12(11(13)6-7)15-9-3-4-9/h5-6,8-9,14H,3-4H2,1-2H3. The summed E-state index contributed by atoms with van der Waals surface area (Å²) in [6.07, 6.45) is 1.92. The zero-order chi connectivity index (χ0) is 11.0. The molecule has 1 atom stereocenters. The summed E-state index contributed by atoms with van der Waals surface area (Å²) < 4.78 is 5.71. The molecule has 1 aliphatic rings. The Kier molecular flexibility index (Phi) is 2.89. The van der Waals surface area contributed by atoms with Gasteiger partial charge < -0.3 is 9.84 Å². The number of aliphatic hydroxyl groups excluding tert-OH is 1. The van der Waals surface area contributed by atoms with Gasteiger partial charge in [0.25, 0.3) is 0 Å². The lowest BCUT2D eigenvalue weighted by atomic mass is 10.1. The third-order valence-electron chi connectivity index (χ3n) is 2.48. The number of benzene rings is 1. The van der Waals surface area contributed by atoms with Gasteiger partial charge in [0.1, 0.15) is 5.75 Å². The van der Waals surface area contributed by atoms with Crippen LogP contribution in [0, 0.1) is 6.92 Å². The first-order valence-electron chi connectivity index (χ1n) is 5.22. The minimum absolute atomic E-state index is 0.294. The molecule has 1 fully saturated rings. The van der Waals surface area contributed by atoms with Crippen LogP contribution in [0.3, 0.4) is 0 Å². The highest BCUT2D eigenvalue weighted by molar-refractivity contribution is 6.32. The van der Waals surface area contributed by atoms with E-state index in [4.69, 9.17) is 16.3 Å². The van der Waals surface area contributed by atoms with E-state index in [2.05, 4.69) is 0 Å². The van der Waals surface area contributed by atoms with Crippen LogP contribution in [0.25, 0.3) is 0 Å². The first-order valence-corrected chi connectivity index (χ1v) is 5.60. The van der Waals surface area contributed by atoms with Gasteiger partial charge in [-0.05, 0) is 44.4 Å². The average Bonchev–Trinajstić information content (AvgIpc) is 2.92. The van der Waals surface area contributed by atoms with Crippen LogP contribution in [0.4, 0.5) is 0 Å². The van der Waals surface area contributed by atoms with Gasteiger partial charge in [-0.3, -0.25) is 0 Å². The molecule has 0 heterocycles. The van der Waals surface area contributed by atoms with Gasteiger partial charge in [-0.15, -0.1) is 0 Å². The van der Waals surface area contributed by atoms with Crippen LogP contribution in [0.15, 0.2) is 12.1 Å². The van der Waals surface area contributed by atoms with E-state index in [-0.39, 0.29) is 0 Å². The highest BCUT2D eigenvalue weighted by Crippen LogP contribution is 2.38. The van der Waals surface area contributed by atoms with Gasteiger partial charge in [0, 0.05) is 5.56 Å². The molecule has 1 aromatic carbocycles. The van der Waals surface area contributed by atoms with Gasteiger partial charge in [-0.2, -0.15) is 0 Å². The Balaban J connectivity index is 2.38. The summed E-state index contributed by atoms with van der Waals surface area (Å²) in [6, 6.07) is 3.79. The molecule has 82 valence electrons. The van der Waals surface area contributed by atoms with Crippen LogP contribution in [-0.4, -0.2) is 11.2 Å². The summed E-state index contributed by atoms with van der Waals surface area (Å²) in [5.41, 5.74) is 1.82. The summed E-state index contributed by atoms with van der Waals surface area (Å²) in [7, 11) is 0. The second-order valence-electron chi connectivity index (χ2n) is 4.16. The summed E-state index contributed by atoms with van der Waals surface area (Å²) in [5.74, 6) is 0.653.